The van der Waals surface area contributed by atoms with Crippen molar-refractivity contribution in [3.8, 4) is 50.6 Å². The highest BCUT2D eigenvalue weighted by Crippen LogP contribution is 2.46. The predicted octanol–water partition coefficient (Wildman–Crippen LogP) is 14.9. The van der Waals surface area contributed by atoms with E-state index in [1.165, 1.54) is 54.4 Å². The van der Waals surface area contributed by atoms with Crippen molar-refractivity contribution in [2.24, 2.45) is 0 Å². The van der Waals surface area contributed by atoms with Crippen LogP contribution in [0.2, 0.25) is 0 Å². The van der Waals surface area contributed by atoms with Gasteiger partial charge in [0, 0.05) is 21.9 Å². The molecular weight excluding hydrogens is 715 g/mol. The van der Waals surface area contributed by atoms with Gasteiger partial charge in [0.1, 0.15) is 16.9 Å². The van der Waals surface area contributed by atoms with Crippen LogP contribution in [0.4, 0.5) is 0 Å². The average Bonchev–Trinajstić information content (AvgIpc) is 3.71. The van der Waals surface area contributed by atoms with E-state index in [0.29, 0.717) is 0 Å². The lowest BCUT2D eigenvalue weighted by molar-refractivity contribution is 1.11. The van der Waals surface area contributed by atoms with Crippen molar-refractivity contribution in [2.75, 3.05) is 0 Å². The first-order valence-corrected chi connectivity index (χ1v) is 20.2. The van der Waals surface area contributed by atoms with Crippen LogP contribution in [0.15, 0.2) is 212 Å². The number of para-hydroxylation sites is 1. The third-order valence-corrected chi connectivity index (χ3v) is 12.0. The van der Waals surface area contributed by atoms with Crippen LogP contribution in [0.5, 0.6) is 0 Å². The number of fused-ring (bicyclic) bond motifs is 7. The number of aromatic nitrogens is 3. The molecule has 274 valence electrons. The van der Waals surface area contributed by atoms with Crippen LogP contribution in [0.25, 0.3) is 116 Å². The molecule has 0 fully saturated rings. The van der Waals surface area contributed by atoms with Gasteiger partial charge in [0.2, 0.25) is 0 Å². The Bertz CT molecular complexity index is 3530. The molecular formula is C56H35N3. The summed E-state index contributed by atoms with van der Waals surface area (Å²) in [5, 5.41) is 10.8. The van der Waals surface area contributed by atoms with Gasteiger partial charge in [0.25, 0.3) is 0 Å². The molecule has 0 aliphatic carbocycles. The second-order valence-corrected chi connectivity index (χ2v) is 15.3. The van der Waals surface area contributed by atoms with Gasteiger partial charge in [-0.2, -0.15) is 0 Å². The summed E-state index contributed by atoms with van der Waals surface area (Å²) < 4.78 is 2.35. The minimum absolute atomic E-state index is 0.874. The summed E-state index contributed by atoms with van der Waals surface area (Å²) in [7, 11) is 0. The van der Waals surface area contributed by atoms with Crippen LogP contribution in [0, 0.1) is 0 Å². The largest absolute Gasteiger partial charge is 0.290 e. The molecule has 0 saturated heterocycles. The molecule has 0 saturated carbocycles. The van der Waals surface area contributed by atoms with E-state index < -0.39 is 0 Å². The zero-order valence-corrected chi connectivity index (χ0v) is 32.0. The van der Waals surface area contributed by atoms with Gasteiger partial charge in [-0.15, -0.1) is 0 Å². The van der Waals surface area contributed by atoms with Gasteiger partial charge in [0.05, 0.1) is 16.9 Å². The molecule has 0 bridgehead atoms. The Hall–Kier alpha value is -7.88. The van der Waals surface area contributed by atoms with E-state index >= 15 is 0 Å². The lowest BCUT2D eigenvalue weighted by Gasteiger charge is -2.19. The third kappa shape index (κ3) is 5.22. The maximum atomic E-state index is 5.58. The maximum absolute atomic E-state index is 5.58. The van der Waals surface area contributed by atoms with Crippen molar-refractivity contribution in [3.63, 3.8) is 0 Å². The smallest absolute Gasteiger partial charge is 0.145 e. The fourth-order valence-corrected chi connectivity index (χ4v) is 9.36. The molecule has 12 rings (SSSR count). The molecule has 10 aromatic carbocycles. The molecule has 0 aliphatic rings. The number of hydrogen-bond acceptors (Lipinski definition) is 2. The molecule has 0 atom stereocenters. The van der Waals surface area contributed by atoms with Crippen molar-refractivity contribution >= 4 is 65.0 Å². The van der Waals surface area contributed by atoms with Crippen LogP contribution in [0.3, 0.4) is 0 Å². The first kappa shape index (κ1) is 33.3. The second-order valence-electron chi connectivity index (χ2n) is 15.3. The molecule has 3 nitrogen and oxygen atoms in total. The van der Waals surface area contributed by atoms with Crippen LogP contribution < -0.4 is 0 Å². The Kier molecular flexibility index (Phi) is 7.54. The van der Waals surface area contributed by atoms with Crippen LogP contribution in [0.1, 0.15) is 0 Å². The zero-order valence-electron chi connectivity index (χ0n) is 32.0. The highest BCUT2D eigenvalue weighted by Gasteiger charge is 2.24. The number of rotatable bonds is 5. The standard InChI is InChI=1S/C56H35N3/c1-2-18-39(19-3-1)53-55-54(48-28-12-13-30-49(48)57-53)58-56(59(55)50-31-15-21-37-17-5-7-23-42(37)50)40-34-32-38(33-35-40)51-44-24-8-10-26-46(44)52(47-27-11-9-25-45(47)51)43-29-14-20-36-16-4-6-22-41(36)43/h1-35H. The van der Waals surface area contributed by atoms with Crippen molar-refractivity contribution in [3.05, 3.63) is 212 Å². The van der Waals surface area contributed by atoms with E-state index in [2.05, 4.69) is 217 Å². The summed E-state index contributed by atoms with van der Waals surface area (Å²) in [6.45, 7) is 0. The summed E-state index contributed by atoms with van der Waals surface area (Å²) in [5.41, 5.74) is 11.8. The lowest BCUT2D eigenvalue weighted by atomic mass is 9.84. The molecule has 0 spiro atoms. The molecule has 2 heterocycles. The highest BCUT2D eigenvalue weighted by molar-refractivity contribution is 6.23. The third-order valence-electron chi connectivity index (χ3n) is 12.0. The highest BCUT2D eigenvalue weighted by atomic mass is 15.1. The molecule has 0 radical (unpaired) electrons. The summed E-state index contributed by atoms with van der Waals surface area (Å²) in [4.78, 5) is 10.9. The van der Waals surface area contributed by atoms with E-state index in [4.69, 9.17) is 9.97 Å². The van der Waals surface area contributed by atoms with E-state index in [1.807, 2.05) is 0 Å². The van der Waals surface area contributed by atoms with Crippen molar-refractivity contribution < 1.29 is 0 Å². The lowest BCUT2D eigenvalue weighted by Crippen LogP contribution is -2.01. The Labute approximate surface area is 341 Å². The van der Waals surface area contributed by atoms with Crippen molar-refractivity contribution in [1.29, 1.82) is 0 Å². The second kappa shape index (κ2) is 13.4. The normalized spacial score (nSPS) is 11.7. The molecule has 2 aromatic heterocycles. The Morgan fingerprint density at radius 1 is 0.322 bits per heavy atom. The first-order valence-electron chi connectivity index (χ1n) is 20.2. The minimum Gasteiger partial charge on any atom is -0.290 e. The molecule has 0 aliphatic heterocycles. The molecule has 59 heavy (non-hydrogen) atoms. The fraction of sp³-hybridized carbons (Fsp3) is 0. The summed E-state index contributed by atoms with van der Waals surface area (Å²) >= 11 is 0. The Balaban J connectivity index is 1.12. The van der Waals surface area contributed by atoms with Crippen LogP contribution >= 0.6 is 0 Å². The van der Waals surface area contributed by atoms with Crippen molar-refractivity contribution in [1.82, 2.24) is 14.5 Å². The molecule has 0 N–H and O–H groups in total. The monoisotopic (exact) mass is 749 g/mol. The number of hydrogen-bond donors (Lipinski definition) is 0. The average molecular weight is 750 g/mol. The number of benzene rings is 10. The Morgan fingerprint density at radius 2 is 0.831 bits per heavy atom. The summed E-state index contributed by atoms with van der Waals surface area (Å²) in [6, 6.07) is 76.2. The van der Waals surface area contributed by atoms with Gasteiger partial charge in [-0.05, 0) is 72.1 Å². The van der Waals surface area contributed by atoms with Gasteiger partial charge in [-0.1, -0.05) is 200 Å². The quantitative estimate of drug-likeness (QED) is 0.164. The first-order chi connectivity index (χ1) is 29.3. The molecule has 3 heteroatoms. The van der Waals surface area contributed by atoms with Gasteiger partial charge >= 0.3 is 0 Å². The molecule has 12 aromatic rings. The van der Waals surface area contributed by atoms with Gasteiger partial charge in [-0.3, -0.25) is 4.57 Å². The predicted molar refractivity (Wildman–Crippen MR) is 248 cm³/mol. The van der Waals surface area contributed by atoms with Crippen LogP contribution in [-0.4, -0.2) is 14.5 Å². The number of pyridine rings is 1. The molecule has 0 unspecified atom stereocenters. The SMILES string of the molecule is c1ccc(-c2nc3ccccc3c3nc(-c4ccc(-c5c6ccccc6c(-c6cccc7ccccc67)c6ccccc56)cc4)n(-c4cccc5ccccc45)c23)cc1. The van der Waals surface area contributed by atoms with E-state index in [1.54, 1.807) is 0 Å². The van der Waals surface area contributed by atoms with Gasteiger partial charge in [0.15, 0.2) is 0 Å². The van der Waals surface area contributed by atoms with E-state index in [9.17, 15) is 0 Å². The summed E-state index contributed by atoms with van der Waals surface area (Å²) in [6.07, 6.45) is 0. The zero-order chi connectivity index (χ0) is 38.9. The number of imidazole rings is 1. The molecule has 0 amide bonds. The number of nitrogens with zero attached hydrogens (tertiary/aromatic N) is 3. The van der Waals surface area contributed by atoms with Crippen LogP contribution in [-0.2, 0) is 0 Å². The van der Waals surface area contributed by atoms with Gasteiger partial charge < -0.3 is 0 Å². The van der Waals surface area contributed by atoms with Crippen molar-refractivity contribution in [2.45, 2.75) is 0 Å². The maximum Gasteiger partial charge on any atom is 0.145 e. The Morgan fingerprint density at radius 3 is 1.53 bits per heavy atom. The van der Waals surface area contributed by atoms with E-state index in [-0.39, 0.29) is 0 Å². The van der Waals surface area contributed by atoms with E-state index in [0.717, 1.165) is 61.2 Å². The fourth-order valence-electron chi connectivity index (χ4n) is 9.36. The minimum atomic E-state index is 0.874. The topological polar surface area (TPSA) is 30.7 Å². The van der Waals surface area contributed by atoms with Gasteiger partial charge in [-0.25, -0.2) is 9.97 Å². The summed E-state index contributed by atoms with van der Waals surface area (Å²) in [5.74, 6) is 0.874.